The van der Waals surface area contributed by atoms with Crippen molar-refractivity contribution in [2.75, 3.05) is 11.6 Å². The molecule has 5 heteroatoms. The molecule has 122 valence electrons. The summed E-state index contributed by atoms with van der Waals surface area (Å²) in [5, 5.41) is 3.06. The van der Waals surface area contributed by atoms with Crippen LogP contribution in [0.1, 0.15) is 12.2 Å². The molecule has 4 nitrogen and oxygen atoms in total. The zero-order chi connectivity index (χ0) is 16.5. The standard InChI is InChI=1S/C19H19N3OS/c1-24-15-6-4-5-14(12-15)20-19(23)13-9-10-22-17-8-3-2-7-16(17)21-18(22)11-13/h2-8,12-13H,9-11H2,1H3,(H,20,23). The predicted octanol–water partition coefficient (Wildman–Crippen LogP) is 3.96. The van der Waals surface area contributed by atoms with E-state index in [9.17, 15) is 4.79 Å². The average molecular weight is 337 g/mol. The number of thioether (sulfide) groups is 1. The number of fused-ring (bicyclic) bond motifs is 3. The van der Waals surface area contributed by atoms with E-state index in [0.717, 1.165) is 34.9 Å². The maximum Gasteiger partial charge on any atom is 0.228 e. The Morgan fingerprint density at radius 3 is 3.00 bits per heavy atom. The molecule has 3 aromatic rings. The molecule has 2 heterocycles. The van der Waals surface area contributed by atoms with Crippen LogP contribution in [0, 0.1) is 5.92 Å². The van der Waals surface area contributed by atoms with Crippen LogP contribution in [-0.4, -0.2) is 21.7 Å². The van der Waals surface area contributed by atoms with Crippen LogP contribution in [0.15, 0.2) is 53.4 Å². The molecule has 0 saturated carbocycles. The van der Waals surface area contributed by atoms with E-state index in [-0.39, 0.29) is 11.8 Å². The molecule has 1 atom stereocenters. The van der Waals surface area contributed by atoms with Crippen molar-refractivity contribution < 1.29 is 4.79 Å². The third-order valence-corrected chi connectivity index (χ3v) is 5.30. The first-order valence-corrected chi connectivity index (χ1v) is 9.36. The van der Waals surface area contributed by atoms with Crippen LogP contribution < -0.4 is 5.32 Å². The average Bonchev–Trinajstić information content (AvgIpc) is 2.99. The Bertz CT molecular complexity index is 903. The van der Waals surface area contributed by atoms with Gasteiger partial charge in [-0.1, -0.05) is 18.2 Å². The summed E-state index contributed by atoms with van der Waals surface area (Å²) in [6.07, 6.45) is 3.58. The van der Waals surface area contributed by atoms with Gasteiger partial charge in [0.05, 0.1) is 11.0 Å². The minimum atomic E-state index is -0.0211. The molecular weight excluding hydrogens is 318 g/mol. The van der Waals surface area contributed by atoms with E-state index in [1.807, 2.05) is 48.7 Å². The van der Waals surface area contributed by atoms with E-state index in [1.54, 1.807) is 11.8 Å². The van der Waals surface area contributed by atoms with Crippen molar-refractivity contribution in [2.45, 2.75) is 24.3 Å². The number of hydrogen-bond acceptors (Lipinski definition) is 3. The topological polar surface area (TPSA) is 46.9 Å². The van der Waals surface area contributed by atoms with Crippen molar-refractivity contribution in [1.29, 1.82) is 0 Å². The first-order valence-electron chi connectivity index (χ1n) is 8.13. The number of carbonyl (C=O) groups is 1. The quantitative estimate of drug-likeness (QED) is 0.736. The second-order valence-electron chi connectivity index (χ2n) is 6.08. The molecule has 0 saturated heterocycles. The maximum atomic E-state index is 12.6. The SMILES string of the molecule is CSc1cccc(NC(=O)C2CCn3c(nc4ccccc43)C2)c1. The molecule has 1 N–H and O–H groups in total. The van der Waals surface area contributed by atoms with Gasteiger partial charge in [-0.2, -0.15) is 0 Å². The lowest BCUT2D eigenvalue weighted by Gasteiger charge is -2.23. The van der Waals surface area contributed by atoms with Crippen LogP contribution in [0.2, 0.25) is 0 Å². The predicted molar refractivity (Wildman–Crippen MR) is 98.4 cm³/mol. The number of anilines is 1. The highest BCUT2D eigenvalue weighted by Gasteiger charge is 2.27. The first-order chi connectivity index (χ1) is 11.7. The van der Waals surface area contributed by atoms with Gasteiger partial charge >= 0.3 is 0 Å². The summed E-state index contributed by atoms with van der Waals surface area (Å²) in [6, 6.07) is 16.1. The van der Waals surface area contributed by atoms with Gasteiger partial charge in [0.2, 0.25) is 5.91 Å². The second-order valence-corrected chi connectivity index (χ2v) is 6.96. The smallest absolute Gasteiger partial charge is 0.228 e. The number of nitrogens with one attached hydrogen (secondary N) is 1. The van der Waals surface area contributed by atoms with Gasteiger partial charge in [-0.15, -0.1) is 11.8 Å². The molecule has 2 aromatic carbocycles. The second kappa shape index (κ2) is 6.32. The van der Waals surface area contributed by atoms with Gasteiger partial charge < -0.3 is 9.88 Å². The van der Waals surface area contributed by atoms with Crippen LogP contribution in [0.5, 0.6) is 0 Å². The first kappa shape index (κ1) is 15.3. The Morgan fingerprint density at radius 2 is 2.12 bits per heavy atom. The largest absolute Gasteiger partial charge is 0.328 e. The molecule has 0 bridgehead atoms. The number of amides is 1. The van der Waals surface area contributed by atoms with Crippen LogP contribution in [-0.2, 0) is 17.8 Å². The third kappa shape index (κ3) is 2.80. The Morgan fingerprint density at radius 1 is 1.25 bits per heavy atom. The van der Waals surface area contributed by atoms with Crippen LogP contribution in [0.25, 0.3) is 11.0 Å². The fourth-order valence-electron chi connectivity index (χ4n) is 3.31. The minimum absolute atomic E-state index is 0.0211. The normalized spacial score (nSPS) is 16.8. The number of benzene rings is 2. The van der Waals surface area contributed by atoms with Gasteiger partial charge in [0.1, 0.15) is 5.82 Å². The van der Waals surface area contributed by atoms with Crippen LogP contribution in [0.3, 0.4) is 0 Å². The van der Waals surface area contributed by atoms with E-state index in [4.69, 9.17) is 4.98 Å². The highest BCUT2D eigenvalue weighted by Crippen LogP contribution is 2.27. The Hall–Kier alpha value is -2.27. The van der Waals surface area contributed by atoms with Crippen LogP contribution in [0.4, 0.5) is 5.69 Å². The van der Waals surface area contributed by atoms with Gasteiger partial charge in [0.25, 0.3) is 0 Å². The summed E-state index contributed by atoms with van der Waals surface area (Å²) in [6.45, 7) is 0.846. The zero-order valence-electron chi connectivity index (χ0n) is 13.5. The van der Waals surface area contributed by atoms with E-state index in [1.165, 1.54) is 5.52 Å². The molecule has 0 spiro atoms. The van der Waals surface area contributed by atoms with E-state index < -0.39 is 0 Å². The van der Waals surface area contributed by atoms with Crippen molar-refractivity contribution in [3.8, 4) is 0 Å². The number of imidazole rings is 1. The fourth-order valence-corrected chi connectivity index (χ4v) is 3.77. The number of nitrogens with zero attached hydrogens (tertiary/aromatic N) is 2. The Kier molecular flexibility index (Phi) is 4.02. The summed E-state index contributed by atoms with van der Waals surface area (Å²) in [4.78, 5) is 18.5. The molecule has 1 aromatic heterocycles. The van der Waals surface area contributed by atoms with Crippen LogP contribution >= 0.6 is 11.8 Å². The molecule has 4 rings (SSSR count). The van der Waals surface area contributed by atoms with Gasteiger partial charge in [0, 0.05) is 29.5 Å². The fraction of sp³-hybridized carbons (Fsp3) is 0.263. The maximum absolute atomic E-state index is 12.6. The zero-order valence-corrected chi connectivity index (χ0v) is 14.3. The monoisotopic (exact) mass is 337 g/mol. The number of aryl methyl sites for hydroxylation is 1. The number of para-hydroxylation sites is 2. The summed E-state index contributed by atoms with van der Waals surface area (Å²) < 4.78 is 2.24. The summed E-state index contributed by atoms with van der Waals surface area (Å²) >= 11 is 1.67. The van der Waals surface area contributed by atoms with E-state index in [2.05, 4.69) is 16.0 Å². The number of aromatic nitrogens is 2. The molecular formula is C19H19N3OS. The molecule has 0 aliphatic carbocycles. The van der Waals surface area contributed by atoms with Crippen molar-refractivity contribution in [2.24, 2.45) is 5.92 Å². The Labute approximate surface area is 145 Å². The highest BCUT2D eigenvalue weighted by atomic mass is 32.2. The lowest BCUT2D eigenvalue weighted by molar-refractivity contribution is -0.120. The molecule has 0 radical (unpaired) electrons. The summed E-state index contributed by atoms with van der Waals surface area (Å²) in [5.74, 6) is 1.08. The molecule has 0 fully saturated rings. The number of carbonyl (C=O) groups excluding carboxylic acids is 1. The van der Waals surface area contributed by atoms with E-state index >= 15 is 0 Å². The van der Waals surface area contributed by atoms with Gasteiger partial charge in [-0.05, 0) is 43.0 Å². The van der Waals surface area contributed by atoms with Crippen molar-refractivity contribution >= 4 is 34.4 Å². The third-order valence-electron chi connectivity index (χ3n) is 4.57. The Balaban J connectivity index is 1.52. The van der Waals surface area contributed by atoms with Crippen molar-refractivity contribution in [1.82, 2.24) is 9.55 Å². The molecule has 1 unspecified atom stereocenters. The lowest BCUT2D eigenvalue weighted by atomic mass is 9.96. The number of hydrogen-bond donors (Lipinski definition) is 1. The highest BCUT2D eigenvalue weighted by molar-refractivity contribution is 7.98. The van der Waals surface area contributed by atoms with Gasteiger partial charge in [0.15, 0.2) is 0 Å². The van der Waals surface area contributed by atoms with Gasteiger partial charge in [-0.3, -0.25) is 4.79 Å². The molecule has 24 heavy (non-hydrogen) atoms. The van der Waals surface area contributed by atoms with Crippen molar-refractivity contribution in [3.63, 3.8) is 0 Å². The van der Waals surface area contributed by atoms with Gasteiger partial charge in [-0.25, -0.2) is 4.98 Å². The molecule has 1 aliphatic rings. The summed E-state index contributed by atoms with van der Waals surface area (Å²) in [5.41, 5.74) is 3.05. The van der Waals surface area contributed by atoms with Crippen molar-refractivity contribution in [3.05, 3.63) is 54.4 Å². The summed E-state index contributed by atoms with van der Waals surface area (Å²) in [7, 11) is 0. The number of rotatable bonds is 3. The molecule has 1 aliphatic heterocycles. The van der Waals surface area contributed by atoms with E-state index in [0.29, 0.717) is 6.42 Å². The minimum Gasteiger partial charge on any atom is -0.328 e. The lowest BCUT2D eigenvalue weighted by Crippen LogP contribution is -2.30. The molecule has 1 amide bonds.